The third-order valence-electron chi connectivity index (χ3n) is 6.23. The molecule has 0 amide bonds. The molecule has 0 bridgehead atoms. The number of hydrogen-bond acceptors (Lipinski definition) is 6. The average Bonchev–Trinajstić information content (AvgIpc) is 2.89. The minimum absolute atomic E-state index is 0.956. The molecule has 0 aliphatic carbocycles. The number of aryl methyl sites for hydroxylation is 1. The van der Waals surface area contributed by atoms with Gasteiger partial charge in [-0.2, -0.15) is 0 Å². The zero-order valence-corrected chi connectivity index (χ0v) is 20.3. The molecule has 0 spiro atoms. The first-order valence-corrected chi connectivity index (χ1v) is 12.4. The second-order valence-corrected chi connectivity index (χ2v) is 9.48. The number of pyridine rings is 2. The number of piperazine rings is 1. The van der Waals surface area contributed by atoms with Crippen LogP contribution in [-0.4, -0.2) is 45.9 Å². The molecule has 172 valence electrons. The number of anilines is 1. The molecule has 34 heavy (non-hydrogen) atoms. The van der Waals surface area contributed by atoms with E-state index in [2.05, 4.69) is 91.7 Å². The molecular weight excluding hydrogens is 438 g/mol. The number of nitrogens with zero attached hydrogens (tertiary/aromatic N) is 4. The maximum Gasteiger partial charge on any atom is 0.0855 e. The van der Waals surface area contributed by atoms with E-state index in [1.165, 1.54) is 11.1 Å². The Kier molecular flexibility index (Phi) is 6.79. The van der Waals surface area contributed by atoms with Crippen molar-refractivity contribution in [3.8, 4) is 0 Å². The first-order valence-electron chi connectivity index (χ1n) is 11.6. The lowest BCUT2D eigenvalue weighted by atomic mass is 10.1. The molecule has 1 aliphatic heterocycles. The summed E-state index contributed by atoms with van der Waals surface area (Å²) in [5, 5.41) is 1.15. The average molecular weight is 468 g/mol. The summed E-state index contributed by atoms with van der Waals surface area (Å²) in [6.45, 7) is 11.4. The lowest BCUT2D eigenvalue weighted by Crippen LogP contribution is -2.44. The molecule has 0 saturated carbocycles. The lowest BCUT2D eigenvalue weighted by Gasteiger charge is -2.37. The molecule has 0 radical (unpaired) electrons. The number of benzene rings is 2. The van der Waals surface area contributed by atoms with E-state index in [1.807, 2.05) is 25.4 Å². The number of aromatic nitrogens is 2. The van der Waals surface area contributed by atoms with Crippen LogP contribution in [0.4, 0.5) is 5.69 Å². The number of fused-ring (bicyclic) bond motifs is 1. The zero-order chi connectivity index (χ0) is 23.3. The first-order chi connectivity index (χ1) is 16.7. The molecule has 2 aromatic carbocycles. The van der Waals surface area contributed by atoms with Crippen LogP contribution < -0.4 is 4.72 Å². The predicted molar refractivity (Wildman–Crippen MR) is 143 cm³/mol. The van der Waals surface area contributed by atoms with Gasteiger partial charge in [-0.05, 0) is 60.3 Å². The van der Waals surface area contributed by atoms with Crippen molar-refractivity contribution in [2.24, 2.45) is 0 Å². The van der Waals surface area contributed by atoms with E-state index in [0.717, 1.165) is 65.6 Å². The lowest BCUT2D eigenvalue weighted by molar-refractivity contribution is 0.169. The van der Waals surface area contributed by atoms with Crippen LogP contribution in [-0.2, 0) is 6.54 Å². The van der Waals surface area contributed by atoms with Crippen molar-refractivity contribution < 1.29 is 0 Å². The molecule has 1 saturated heterocycles. The van der Waals surface area contributed by atoms with Crippen LogP contribution in [0.15, 0.2) is 90.6 Å². The van der Waals surface area contributed by atoms with Crippen LogP contribution in [0.3, 0.4) is 0 Å². The third kappa shape index (κ3) is 5.24. The van der Waals surface area contributed by atoms with Crippen molar-refractivity contribution in [1.82, 2.24) is 19.8 Å². The van der Waals surface area contributed by atoms with Crippen LogP contribution in [0, 0.1) is 6.92 Å². The summed E-state index contributed by atoms with van der Waals surface area (Å²) >= 11 is 1.59. The highest BCUT2D eigenvalue weighted by Gasteiger charge is 2.19. The standard InChI is InChI=1S/C28H29N5S/c1-21-8-9-23(19-30-21)20-32-15-17-33(18-16-32)22(2)24-10-12-26(13-11-24)31-34-27-7-3-5-25-6-4-14-29-28(25)27/h3-14,19,31H,2,15-18,20H2,1H3. The van der Waals surface area contributed by atoms with Crippen molar-refractivity contribution in [1.29, 1.82) is 0 Å². The van der Waals surface area contributed by atoms with Gasteiger partial charge in [0.2, 0.25) is 0 Å². The van der Waals surface area contributed by atoms with E-state index in [-0.39, 0.29) is 0 Å². The van der Waals surface area contributed by atoms with Crippen LogP contribution in [0.25, 0.3) is 16.6 Å². The Morgan fingerprint density at radius 2 is 1.74 bits per heavy atom. The highest BCUT2D eigenvalue weighted by atomic mass is 32.2. The SMILES string of the molecule is C=C(c1ccc(NSc2cccc3cccnc23)cc1)N1CCN(Cc2ccc(C)nc2)CC1. The minimum atomic E-state index is 0.956. The molecular formula is C28H29N5S. The Hall–Kier alpha value is -3.35. The maximum absolute atomic E-state index is 4.53. The second kappa shape index (κ2) is 10.3. The van der Waals surface area contributed by atoms with Crippen LogP contribution in [0.2, 0.25) is 0 Å². The monoisotopic (exact) mass is 467 g/mol. The summed E-state index contributed by atoms with van der Waals surface area (Å²) in [5.41, 5.74) is 6.68. The Morgan fingerprint density at radius 3 is 2.50 bits per heavy atom. The van der Waals surface area contributed by atoms with E-state index in [1.54, 1.807) is 11.9 Å². The molecule has 1 fully saturated rings. The molecule has 5 nitrogen and oxygen atoms in total. The van der Waals surface area contributed by atoms with E-state index in [0.29, 0.717) is 0 Å². The number of nitrogens with one attached hydrogen (secondary N) is 1. The second-order valence-electron chi connectivity index (χ2n) is 8.63. The van der Waals surface area contributed by atoms with E-state index in [4.69, 9.17) is 0 Å². The molecule has 3 heterocycles. The quantitative estimate of drug-likeness (QED) is 0.344. The van der Waals surface area contributed by atoms with Crippen LogP contribution >= 0.6 is 11.9 Å². The van der Waals surface area contributed by atoms with Crippen molar-refractivity contribution in [3.63, 3.8) is 0 Å². The number of para-hydroxylation sites is 1. The van der Waals surface area contributed by atoms with Gasteiger partial charge in [-0.1, -0.05) is 43.0 Å². The smallest absolute Gasteiger partial charge is 0.0855 e. The summed E-state index contributed by atoms with van der Waals surface area (Å²) in [6, 6.07) is 23.1. The number of hydrogen-bond donors (Lipinski definition) is 1. The Bertz CT molecular complexity index is 1260. The largest absolute Gasteiger partial charge is 0.369 e. The normalized spacial score (nSPS) is 14.3. The highest BCUT2D eigenvalue weighted by molar-refractivity contribution is 8.00. The summed E-state index contributed by atoms with van der Waals surface area (Å²) in [7, 11) is 0. The Morgan fingerprint density at radius 1 is 0.941 bits per heavy atom. The third-order valence-corrected chi connectivity index (χ3v) is 7.11. The van der Waals surface area contributed by atoms with Gasteiger partial charge in [0.05, 0.1) is 10.4 Å². The molecule has 2 aromatic heterocycles. The predicted octanol–water partition coefficient (Wildman–Crippen LogP) is 5.85. The van der Waals surface area contributed by atoms with Gasteiger partial charge in [0.25, 0.3) is 0 Å². The fourth-order valence-electron chi connectivity index (χ4n) is 4.21. The molecule has 1 aliphatic rings. The van der Waals surface area contributed by atoms with Gasteiger partial charge in [-0.15, -0.1) is 0 Å². The summed E-state index contributed by atoms with van der Waals surface area (Å²) in [6.07, 6.45) is 3.83. The fourth-order valence-corrected chi connectivity index (χ4v) is 4.99. The van der Waals surface area contributed by atoms with Crippen LogP contribution in [0.5, 0.6) is 0 Å². The summed E-state index contributed by atoms with van der Waals surface area (Å²) < 4.78 is 3.45. The van der Waals surface area contributed by atoms with Gasteiger partial charge < -0.3 is 9.62 Å². The van der Waals surface area contributed by atoms with Gasteiger partial charge >= 0.3 is 0 Å². The van der Waals surface area contributed by atoms with Crippen molar-refractivity contribution >= 4 is 34.2 Å². The summed E-state index contributed by atoms with van der Waals surface area (Å²) in [5.74, 6) is 0. The first kappa shape index (κ1) is 22.4. The molecule has 0 atom stereocenters. The van der Waals surface area contributed by atoms with E-state index < -0.39 is 0 Å². The molecule has 0 unspecified atom stereocenters. The molecule has 6 heteroatoms. The fraction of sp³-hybridized carbons (Fsp3) is 0.214. The number of rotatable bonds is 7. The summed E-state index contributed by atoms with van der Waals surface area (Å²) in [4.78, 5) is 14.9. The molecule has 4 aromatic rings. The van der Waals surface area contributed by atoms with Gasteiger partial charge in [-0.3, -0.25) is 14.9 Å². The van der Waals surface area contributed by atoms with Gasteiger partial charge in [0.15, 0.2) is 0 Å². The van der Waals surface area contributed by atoms with Crippen molar-refractivity contribution in [2.75, 3.05) is 30.9 Å². The van der Waals surface area contributed by atoms with E-state index in [9.17, 15) is 0 Å². The molecule has 1 N–H and O–H groups in total. The topological polar surface area (TPSA) is 44.3 Å². The van der Waals surface area contributed by atoms with Crippen molar-refractivity contribution in [2.45, 2.75) is 18.4 Å². The van der Waals surface area contributed by atoms with Crippen molar-refractivity contribution in [3.05, 3.63) is 103 Å². The van der Waals surface area contributed by atoms with Crippen LogP contribution in [0.1, 0.15) is 16.8 Å². The van der Waals surface area contributed by atoms with Gasteiger partial charge in [-0.25, -0.2) is 0 Å². The minimum Gasteiger partial charge on any atom is -0.369 e. The zero-order valence-electron chi connectivity index (χ0n) is 19.4. The Balaban J connectivity index is 1.14. The van der Waals surface area contributed by atoms with Gasteiger partial charge in [0, 0.05) is 67.6 Å². The molecule has 5 rings (SSSR count). The maximum atomic E-state index is 4.53. The Labute approximate surface area is 205 Å². The van der Waals surface area contributed by atoms with E-state index >= 15 is 0 Å². The highest BCUT2D eigenvalue weighted by Crippen LogP contribution is 2.28. The van der Waals surface area contributed by atoms with Gasteiger partial charge in [0.1, 0.15) is 0 Å².